The first-order valence-corrected chi connectivity index (χ1v) is 15.4. The number of carbonyl (C=O) groups is 3. The van der Waals surface area contributed by atoms with E-state index in [0.29, 0.717) is 25.1 Å². The minimum absolute atomic E-state index is 0.0630. The summed E-state index contributed by atoms with van der Waals surface area (Å²) in [6, 6.07) is 12.1. The highest BCUT2D eigenvalue weighted by Gasteiger charge is 2.47. The van der Waals surface area contributed by atoms with Gasteiger partial charge in [-0.3, -0.25) is 29.3 Å². The molecule has 43 heavy (non-hydrogen) atoms. The number of imide groups is 1. The van der Waals surface area contributed by atoms with Gasteiger partial charge in [-0.2, -0.15) is 5.10 Å². The zero-order valence-corrected chi connectivity index (χ0v) is 24.1. The number of hydrogen-bond acceptors (Lipinski definition) is 7. The van der Waals surface area contributed by atoms with Crippen LogP contribution in [0, 0.1) is 0 Å². The van der Waals surface area contributed by atoms with Gasteiger partial charge in [0.05, 0.1) is 32.0 Å². The summed E-state index contributed by atoms with van der Waals surface area (Å²) in [7, 11) is 0. The van der Waals surface area contributed by atoms with E-state index in [9.17, 15) is 14.4 Å². The molecule has 2 aromatic carbocycles. The van der Waals surface area contributed by atoms with Gasteiger partial charge in [-0.05, 0) is 62.0 Å². The lowest BCUT2D eigenvalue weighted by Crippen LogP contribution is -2.52. The van der Waals surface area contributed by atoms with Crippen LogP contribution in [0.4, 0.5) is 0 Å². The highest BCUT2D eigenvalue weighted by atomic mass is 16.5. The van der Waals surface area contributed by atoms with Crippen LogP contribution in [-0.4, -0.2) is 75.8 Å². The maximum absolute atomic E-state index is 13.3. The molecule has 0 bridgehead atoms. The average Bonchev–Trinajstić information content (AvgIpc) is 3.69. The molecule has 6 heterocycles. The topological polar surface area (TPSA) is 106 Å². The van der Waals surface area contributed by atoms with E-state index < -0.39 is 11.9 Å². The summed E-state index contributed by atoms with van der Waals surface area (Å²) in [6.45, 7) is 5.43. The smallest absolute Gasteiger partial charge is 0.255 e. The van der Waals surface area contributed by atoms with Crippen molar-refractivity contribution in [3.8, 4) is 16.9 Å². The molecule has 10 heteroatoms. The third kappa shape index (κ3) is 4.64. The fourth-order valence-corrected chi connectivity index (χ4v) is 7.39. The summed E-state index contributed by atoms with van der Waals surface area (Å²) in [6.07, 6.45) is 8.01. The minimum Gasteiger partial charge on any atom is -0.492 e. The van der Waals surface area contributed by atoms with Crippen molar-refractivity contribution in [1.29, 1.82) is 0 Å². The van der Waals surface area contributed by atoms with E-state index in [1.165, 1.54) is 16.7 Å². The van der Waals surface area contributed by atoms with Gasteiger partial charge < -0.3 is 14.4 Å². The van der Waals surface area contributed by atoms with Crippen molar-refractivity contribution in [3.05, 3.63) is 71.0 Å². The van der Waals surface area contributed by atoms with Gasteiger partial charge in [0, 0.05) is 53.4 Å². The van der Waals surface area contributed by atoms with Crippen LogP contribution in [0.5, 0.6) is 5.75 Å². The monoisotopic (exact) mass is 581 g/mol. The molecule has 0 unspecified atom stereocenters. The first-order chi connectivity index (χ1) is 21.0. The van der Waals surface area contributed by atoms with Crippen LogP contribution in [0.15, 0.2) is 48.8 Å². The first kappa shape index (κ1) is 26.6. The van der Waals surface area contributed by atoms with Gasteiger partial charge in [-0.1, -0.05) is 24.3 Å². The number of rotatable bonds is 6. The third-order valence-electron chi connectivity index (χ3n) is 10.0. The van der Waals surface area contributed by atoms with E-state index in [0.717, 1.165) is 68.9 Å². The molecule has 1 N–H and O–H groups in total. The number of carbonyl (C=O) groups excluding carboxylic acids is 3. The SMILES string of the molecule is O=C1CC[C@H](N2Cc3c(ccc4c3OCC43CCN(Cc4cccc(-c5cnn(C[C@H]6CCO6)c5)c4)CC3)C2=O)C(=O)N1. The summed E-state index contributed by atoms with van der Waals surface area (Å²) in [5, 5.41) is 6.92. The summed E-state index contributed by atoms with van der Waals surface area (Å²) >= 11 is 0. The van der Waals surface area contributed by atoms with Gasteiger partial charge in [-0.25, -0.2) is 0 Å². The van der Waals surface area contributed by atoms with Gasteiger partial charge in [0.1, 0.15) is 11.8 Å². The highest BCUT2D eigenvalue weighted by Crippen LogP contribution is 2.49. The van der Waals surface area contributed by atoms with Crippen LogP contribution < -0.4 is 10.1 Å². The quantitative estimate of drug-likeness (QED) is 0.446. The second-order valence-electron chi connectivity index (χ2n) is 12.6. The molecule has 5 aliphatic rings. The van der Waals surface area contributed by atoms with Gasteiger partial charge in [-0.15, -0.1) is 0 Å². The Morgan fingerprint density at radius 3 is 2.70 bits per heavy atom. The molecule has 222 valence electrons. The molecule has 0 saturated carbocycles. The predicted octanol–water partition coefficient (Wildman–Crippen LogP) is 3.03. The summed E-state index contributed by atoms with van der Waals surface area (Å²) in [5.74, 6) is -0.00342. The van der Waals surface area contributed by atoms with E-state index >= 15 is 0 Å². The Morgan fingerprint density at radius 2 is 1.91 bits per heavy atom. The van der Waals surface area contributed by atoms with E-state index in [1.54, 1.807) is 4.90 Å². The number of fused-ring (bicyclic) bond motifs is 4. The van der Waals surface area contributed by atoms with E-state index in [4.69, 9.17) is 9.47 Å². The Kier molecular flexibility index (Phi) is 6.38. The number of amides is 3. The van der Waals surface area contributed by atoms with Crippen LogP contribution in [0.3, 0.4) is 0 Å². The van der Waals surface area contributed by atoms with Crippen LogP contribution in [0.2, 0.25) is 0 Å². The Bertz CT molecular complexity index is 1620. The zero-order chi connectivity index (χ0) is 29.1. The van der Waals surface area contributed by atoms with E-state index in [-0.39, 0.29) is 29.8 Å². The van der Waals surface area contributed by atoms with Crippen molar-refractivity contribution in [2.75, 3.05) is 26.3 Å². The maximum Gasteiger partial charge on any atom is 0.255 e. The van der Waals surface area contributed by atoms with Gasteiger partial charge in [0.15, 0.2) is 0 Å². The molecule has 0 aliphatic carbocycles. The summed E-state index contributed by atoms with van der Waals surface area (Å²) in [5.41, 5.74) is 6.21. The number of hydrogen-bond donors (Lipinski definition) is 1. The molecule has 5 aliphatic heterocycles. The molecule has 1 spiro atoms. The zero-order valence-electron chi connectivity index (χ0n) is 24.1. The van der Waals surface area contributed by atoms with Gasteiger partial charge in [0.2, 0.25) is 11.8 Å². The summed E-state index contributed by atoms with van der Waals surface area (Å²) < 4.78 is 13.9. The Balaban J connectivity index is 0.934. The Labute approximate surface area is 249 Å². The fraction of sp³-hybridized carbons (Fsp3) is 0.455. The van der Waals surface area contributed by atoms with E-state index in [1.807, 2.05) is 16.9 Å². The molecule has 3 aromatic rings. The van der Waals surface area contributed by atoms with Gasteiger partial charge in [0.25, 0.3) is 5.91 Å². The molecule has 0 radical (unpaired) electrons. The lowest BCUT2D eigenvalue weighted by molar-refractivity contribution is -0.136. The highest BCUT2D eigenvalue weighted by molar-refractivity contribution is 6.05. The van der Waals surface area contributed by atoms with Crippen molar-refractivity contribution in [3.63, 3.8) is 0 Å². The second-order valence-corrected chi connectivity index (χ2v) is 12.6. The molecule has 2 atom stereocenters. The van der Waals surface area contributed by atoms with Gasteiger partial charge >= 0.3 is 0 Å². The summed E-state index contributed by atoms with van der Waals surface area (Å²) in [4.78, 5) is 41.5. The number of benzene rings is 2. The number of aromatic nitrogens is 2. The standard InChI is InChI=1S/C33H35N5O5/c39-29-7-6-28(31(40)35-29)38-19-26-25(32(38)41)4-5-27-30(26)43-20-33(27)9-11-36(12-10-33)16-21-2-1-3-22(14-21)23-15-34-37(17-23)18-24-8-13-42-24/h1-5,14-15,17,24,28H,6-13,16,18-20H2,(H,35,39,40)/t24-,28+/m1/s1. The first-order valence-electron chi connectivity index (χ1n) is 15.4. The lowest BCUT2D eigenvalue weighted by atomic mass is 9.74. The largest absolute Gasteiger partial charge is 0.492 e. The van der Waals surface area contributed by atoms with Crippen LogP contribution in [-0.2, 0) is 39.4 Å². The molecular weight excluding hydrogens is 546 g/mol. The number of nitrogens with zero attached hydrogens (tertiary/aromatic N) is 4. The lowest BCUT2D eigenvalue weighted by Gasteiger charge is -2.38. The molecular formula is C33H35N5O5. The Hall–Kier alpha value is -4.02. The molecule has 3 amide bonds. The molecule has 10 nitrogen and oxygen atoms in total. The molecule has 3 fully saturated rings. The van der Waals surface area contributed by atoms with Crippen molar-refractivity contribution in [1.82, 2.24) is 24.9 Å². The van der Waals surface area contributed by atoms with Crippen molar-refractivity contribution in [2.45, 2.75) is 69.3 Å². The van der Waals surface area contributed by atoms with Crippen molar-refractivity contribution in [2.24, 2.45) is 0 Å². The normalized spacial score (nSPS) is 24.5. The van der Waals surface area contributed by atoms with Crippen molar-refractivity contribution >= 4 is 17.7 Å². The fourth-order valence-electron chi connectivity index (χ4n) is 7.39. The Morgan fingerprint density at radius 1 is 1.05 bits per heavy atom. The number of likely N-dealkylation sites (tertiary alicyclic amines) is 1. The van der Waals surface area contributed by atoms with Crippen LogP contribution in [0.1, 0.15) is 59.2 Å². The van der Waals surface area contributed by atoms with Crippen LogP contribution in [0.25, 0.3) is 11.1 Å². The van der Waals surface area contributed by atoms with Crippen molar-refractivity contribution < 1.29 is 23.9 Å². The second kappa shape index (κ2) is 10.3. The number of piperidine rings is 2. The minimum atomic E-state index is -0.622. The number of nitrogens with one attached hydrogen (secondary N) is 1. The molecule has 3 saturated heterocycles. The molecule has 1 aromatic heterocycles. The predicted molar refractivity (Wildman–Crippen MR) is 156 cm³/mol. The van der Waals surface area contributed by atoms with E-state index in [2.05, 4.69) is 51.8 Å². The average molecular weight is 582 g/mol. The van der Waals surface area contributed by atoms with Crippen LogP contribution >= 0.6 is 0 Å². The molecule has 8 rings (SSSR count). The number of ether oxygens (including phenoxy) is 2. The maximum atomic E-state index is 13.3. The third-order valence-corrected chi connectivity index (χ3v) is 10.0.